The van der Waals surface area contributed by atoms with Gasteiger partial charge in [0.1, 0.15) is 0 Å². The standard InChI is InChI=1S/C11H22N2O/c1-4-7(2)10(12)11(14)13-8(3)9-5-6-9/h7-10H,4-6,12H2,1-3H3,(H,13,14). The Labute approximate surface area is 86.4 Å². The van der Waals surface area contributed by atoms with Crippen molar-refractivity contribution in [3.8, 4) is 0 Å². The molecule has 0 radical (unpaired) electrons. The molecule has 3 atom stereocenters. The molecule has 1 aliphatic rings. The first-order valence-electron chi connectivity index (χ1n) is 5.62. The van der Waals surface area contributed by atoms with Crippen molar-refractivity contribution in [1.29, 1.82) is 0 Å². The van der Waals surface area contributed by atoms with E-state index in [2.05, 4.69) is 19.2 Å². The van der Waals surface area contributed by atoms with E-state index in [0.717, 1.165) is 6.42 Å². The molecule has 0 aliphatic heterocycles. The van der Waals surface area contributed by atoms with E-state index in [4.69, 9.17) is 5.73 Å². The second-order valence-electron chi connectivity index (χ2n) is 4.55. The molecule has 1 saturated carbocycles. The minimum Gasteiger partial charge on any atom is -0.352 e. The molecule has 0 saturated heterocycles. The molecule has 1 rings (SSSR count). The quantitative estimate of drug-likeness (QED) is 0.699. The molecule has 0 aromatic heterocycles. The zero-order chi connectivity index (χ0) is 10.7. The smallest absolute Gasteiger partial charge is 0.237 e. The van der Waals surface area contributed by atoms with E-state index in [-0.39, 0.29) is 17.9 Å². The largest absolute Gasteiger partial charge is 0.352 e. The third-order valence-electron chi connectivity index (χ3n) is 3.26. The number of carbonyl (C=O) groups excluding carboxylic acids is 1. The number of hydrogen-bond donors (Lipinski definition) is 2. The van der Waals surface area contributed by atoms with Crippen LogP contribution in [-0.2, 0) is 4.79 Å². The lowest BCUT2D eigenvalue weighted by atomic mass is 9.99. The molecule has 3 N–H and O–H groups in total. The third-order valence-corrected chi connectivity index (χ3v) is 3.26. The van der Waals surface area contributed by atoms with Gasteiger partial charge in [-0.05, 0) is 31.6 Å². The van der Waals surface area contributed by atoms with Gasteiger partial charge in [-0.15, -0.1) is 0 Å². The van der Waals surface area contributed by atoms with Crippen LogP contribution in [0, 0.1) is 11.8 Å². The predicted octanol–water partition coefficient (Wildman–Crippen LogP) is 1.27. The Morgan fingerprint density at radius 2 is 2.07 bits per heavy atom. The van der Waals surface area contributed by atoms with Gasteiger partial charge in [-0.1, -0.05) is 20.3 Å². The Kier molecular flexibility index (Phi) is 3.93. The molecule has 3 nitrogen and oxygen atoms in total. The van der Waals surface area contributed by atoms with E-state index in [1.165, 1.54) is 12.8 Å². The summed E-state index contributed by atoms with van der Waals surface area (Å²) in [5.74, 6) is 0.975. The van der Waals surface area contributed by atoms with Crippen LogP contribution in [0.25, 0.3) is 0 Å². The van der Waals surface area contributed by atoms with E-state index < -0.39 is 0 Å². The van der Waals surface area contributed by atoms with E-state index in [1.807, 2.05) is 6.92 Å². The van der Waals surface area contributed by atoms with Gasteiger partial charge in [0.05, 0.1) is 6.04 Å². The molecule has 1 amide bonds. The molecule has 0 aromatic carbocycles. The van der Waals surface area contributed by atoms with Gasteiger partial charge in [0.25, 0.3) is 0 Å². The van der Waals surface area contributed by atoms with Gasteiger partial charge in [-0.3, -0.25) is 4.79 Å². The minimum atomic E-state index is -0.346. The highest BCUT2D eigenvalue weighted by Crippen LogP contribution is 2.32. The number of nitrogens with two attached hydrogens (primary N) is 1. The Morgan fingerprint density at radius 3 is 2.50 bits per heavy atom. The Hall–Kier alpha value is -0.570. The minimum absolute atomic E-state index is 0.0127. The first-order chi connectivity index (χ1) is 6.56. The van der Waals surface area contributed by atoms with Crippen LogP contribution >= 0.6 is 0 Å². The van der Waals surface area contributed by atoms with Crippen LogP contribution in [0.5, 0.6) is 0 Å². The highest BCUT2D eigenvalue weighted by atomic mass is 16.2. The Bertz CT molecular complexity index is 201. The average Bonchev–Trinajstić information content (AvgIpc) is 2.98. The number of nitrogens with one attached hydrogen (secondary N) is 1. The summed E-state index contributed by atoms with van der Waals surface area (Å²) in [6.07, 6.45) is 3.45. The Morgan fingerprint density at radius 1 is 1.50 bits per heavy atom. The summed E-state index contributed by atoms with van der Waals surface area (Å²) < 4.78 is 0. The number of amides is 1. The fourth-order valence-electron chi connectivity index (χ4n) is 1.55. The lowest BCUT2D eigenvalue weighted by Gasteiger charge is -2.20. The summed E-state index contributed by atoms with van der Waals surface area (Å²) in [5, 5.41) is 2.99. The van der Waals surface area contributed by atoms with E-state index in [1.54, 1.807) is 0 Å². The van der Waals surface area contributed by atoms with Gasteiger partial charge in [-0.2, -0.15) is 0 Å². The molecule has 3 heteroatoms. The number of hydrogen-bond acceptors (Lipinski definition) is 2. The van der Waals surface area contributed by atoms with Crippen LogP contribution in [-0.4, -0.2) is 18.0 Å². The van der Waals surface area contributed by atoms with E-state index >= 15 is 0 Å². The number of rotatable bonds is 5. The topological polar surface area (TPSA) is 55.1 Å². The maximum absolute atomic E-state index is 11.6. The molecular formula is C11H22N2O. The summed E-state index contributed by atoms with van der Waals surface area (Å²) >= 11 is 0. The first-order valence-corrected chi connectivity index (χ1v) is 5.62. The average molecular weight is 198 g/mol. The Balaban J connectivity index is 2.32. The number of carbonyl (C=O) groups is 1. The van der Waals surface area contributed by atoms with Gasteiger partial charge in [0.15, 0.2) is 0 Å². The fraction of sp³-hybridized carbons (Fsp3) is 0.909. The van der Waals surface area contributed by atoms with Crippen molar-refractivity contribution in [3.63, 3.8) is 0 Å². The van der Waals surface area contributed by atoms with Crippen LogP contribution in [0.1, 0.15) is 40.0 Å². The van der Waals surface area contributed by atoms with Crippen molar-refractivity contribution < 1.29 is 4.79 Å². The van der Waals surface area contributed by atoms with Gasteiger partial charge < -0.3 is 11.1 Å². The molecule has 82 valence electrons. The second kappa shape index (κ2) is 4.78. The zero-order valence-electron chi connectivity index (χ0n) is 9.42. The maximum Gasteiger partial charge on any atom is 0.237 e. The highest BCUT2D eigenvalue weighted by Gasteiger charge is 2.30. The summed E-state index contributed by atoms with van der Waals surface area (Å²) in [6, 6.07) is -0.0428. The van der Waals surface area contributed by atoms with Crippen LogP contribution in [0.2, 0.25) is 0 Å². The van der Waals surface area contributed by atoms with Gasteiger partial charge in [0, 0.05) is 6.04 Å². The normalized spacial score (nSPS) is 22.6. The molecule has 0 bridgehead atoms. The van der Waals surface area contributed by atoms with Crippen LogP contribution in [0.3, 0.4) is 0 Å². The van der Waals surface area contributed by atoms with Gasteiger partial charge in [-0.25, -0.2) is 0 Å². The lowest BCUT2D eigenvalue weighted by Crippen LogP contribution is -2.48. The van der Waals surface area contributed by atoms with Gasteiger partial charge >= 0.3 is 0 Å². The molecule has 3 unspecified atom stereocenters. The van der Waals surface area contributed by atoms with Crippen molar-refractivity contribution in [2.75, 3.05) is 0 Å². The van der Waals surface area contributed by atoms with Crippen molar-refractivity contribution in [2.45, 2.75) is 52.1 Å². The highest BCUT2D eigenvalue weighted by molar-refractivity contribution is 5.82. The third kappa shape index (κ3) is 2.98. The summed E-state index contributed by atoms with van der Waals surface area (Å²) in [4.78, 5) is 11.6. The van der Waals surface area contributed by atoms with Crippen molar-refractivity contribution >= 4 is 5.91 Å². The summed E-state index contributed by atoms with van der Waals surface area (Å²) in [7, 11) is 0. The van der Waals surface area contributed by atoms with Gasteiger partial charge in [0.2, 0.25) is 5.91 Å². The summed E-state index contributed by atoms with van der Waals surface area (Å²) in [6.45, 7) is 6.15. The monoisotopic (exact) mass is 198 g/mol. The molecule has 0 spiro atoms. The summed E-state index contributed by atoms with van der Waals surface area (Å²) in [5.41, 5.74) is 5.83. The van der Waals surface area contributed by atoms with Crippen molar-refractivity contribution in [2.24, 2.45) is 17.6 Å². The van der Waals surface area contributed by atoms with Crippen LogP contribution in [0.15, 0.2) is 0 Å². The van der Waals surface area contributed by atoms with E-state index in [9.17, 15) is 4.79 Å². The SMILES string of the molecule is CCC(C)C(N)C(=O)NC(C)C1CC1. The van der Waals surface area contributed by atoms with Crippen LogP contribution < -0.4 is 11.1 Å². The van der Waals surface area contributed by atoms with Crippen molar-refractivity contribution in [1.82, 2.24) is 5.32 Å². The molecule has 0 heterocycles. The van der Waals surface area contributed by atoms with E-state index in [0.29, 0.717) is 12.0 Å². The first kappa shape index (κ1) is 11.5. The molecule has 1 fully saturated rings. The molecule has 14 heavy (non-hydrogen) atoms. The molecular weight excluding hydrogens is 176 g/mol. The van der Waals surface area contributed by atoms with Crippen molar-refractivity contribution in [3.05, 3.63) is 0 Å². The molecule has 0 aromatic rings. The lowest BCUT2D eigenvalue weighted by molar-refractivity contribution is -0.124. The molecule has 1 aliphatic carbocycles. The maximum atomic E-state index is 11.6. The predicted molar refractivity (Wildman–Crippen MR) is 57.8 cm³/mol. The zero-order valence-corrected chi connectivity index (χ0v) is 9.42. The second-order valence-corrected chi connectivity index (χ2v) is 4.55. The van der Waals surface area contributed by atoms with Crippen LogP contribution in [0.4, 0.5) is 0 Å². The fourth-order valence-corrected chi connectivity index (χ4v) is 1.55.